The summed E-state index contributed by atoms with van der Waals surface area (Å²) in [7, 11) is 0. The van der Waals surface area contributed by atoms with Gasteiger partial charge in [0.25, 0.3) is 5.91 Å². The fourth-order valence-electron chi connectivity index (χ4n) is 5.19. The molecule has 4 aromatic carbocycles. The summed E-state index contributed by atoms with van der Waals surface area (Å²) < 4.78 is 2.24. The highest BCUT2D eigenvalue weighted by Crippen LogP contribution is 2.41. The fraction of sp³-hybridized carbons (Fsp3) is 0.118. The Morgan fingerprint density at radius 3 is 2.32 bits per heavy atom. The molecular formula is C34H27Cl2N3OS. The number of nitrogens with zero attached hydrogens (tertiary/aromatic N) is 3. The summed E-state index contributed by atoms with van der Waals surface area (Å²) in [6.45, 7) is 4.72. The van der Waals surface area contributed by atoms with E-state index in [1.807, 2.05) is 97.9 Å². The van der Waals surface area contributed by atoms with Gasteiger partial charge in [-0.15, -0.1) is 0 Å². The van der Waals surface area contributed by atoms with Crippen molar-refractivity contribution in [2.24, 2.45) is 4.99 Å². The third kappa shape index (κ3) is 5.45. The molecule has 0 aliphatic carbocycles. The maximum atomic E-state index is 14.1. The number of aromatic nitrogens is 1. The van der Waals surface area contributed by atoms with Crippen LogP contribution in [0.25, 0.3) is 17.0 Å². The van der Waals surface area contributed by atoms with Crippen molar-refractivity contribution < 1.29 is 4.79 Å². The average molecular weight is 597 g/mol. The van der Waals surface area contributed by atoms with Crippen molar-refractivity contribution >= 4 is 68.7 Å². The summed E-state index contributed by atoms with van der Waals surface area (Å²) in [6, 6.07) is 33.5. The molecule has 1 fully saturated rings. The Hall–Kier alpha value is -3.77. The molecule has 1 aromatic heterocycles. The number of amides is 1. The second-order valence-electron chi connectivity index (χ2n) is 9.94. The van der Waals surface area contributed by atoms with Gasteiger partial charge >= 0.3 is 0 Å². The van der Waals surface area contributed by atoms with Gasteiger partial charge in [0.2, 0.25) is 0 Å². The summed E-state index contributed by atoms with van der Waals surface area (Å²) in [5.41, 5.74) is 5.97. The molecule has 0 radical (unpaired) electrons. The molecule has 1 amide bonds. The molecule has 0 N–H and O–H groups in total. The monoisotopic (exact) mass is 595 g/mol. The van der Waals surface area contributed by atoms with E-state index in [9.17, 15) is 4.79 Å². The number of aliphatic imine (C=N–C) groups is 1. The number of carbonyl (C=O) groups is 1. The molecule has 0 saturated carbocycles. The Kier molecular flexibility index (Phi) is 7.76. The summed E-state index contributed by atoms with van der Waals surface area (Å²) in [6.07, 6.45) is 2.02. The van der Waals surface area contributed by atoms with Gasteiger partial charge in [0.1, 0.15) is 0 Å². The summed E-state index contributed by atoms with van der Waals surface area (Å²) in [5.74, 6) is -0.0574. The Bertz CT molecular complexity index is 1810. The largest absolute Gasteiger partial charge is 0.340 e. The second-order valence-corrected chi connectivity index (χ2v) is 11.8. The smallest absolute Gasteiger partial charge is 0.267 e. The summed E-state index contributed by atoms with van der Waals surface area (Å²) in [5, 5.41) is 2.98. The lowest BCUT2D eigenvalue weighted by Crippen LogP contribution is -2.32. The molecule has 7 heteroatoms. The number of halogens is 2. The van der Waals surface area contributed by atoms with Gasteiger partial charge in [0.05, 0.1) is 16.6 Å². The summed E-state index contributed by atoms with van der Waals surface area (Å²) >= 11 is 14.1. The fourth-order valence-corrected chi connectivity index (χ4v) is 6.71. The zero-order chi connectivity index (χ0) is 28.5. The number of rotatable bonds is 6. The van der Waals surface area contributed by atoms with Crippen molar-refractivity contribution in [2.75, 3.05) is 0 Å². The molecule has 41 heavy (non-hydrogen) atoms. The van der Waals surface area contributed by atoms with Crippen LogP contribution in [0.1, 0.15) is 35.3 Å². The first kappa shape index (κ1) is 27.4. The van der Waals surface area contributed by atoms with Crippen LogP contribution in [0.2, 0.25) is 10.0 Å². The minimum Gasteiger partial charge on any atom is -0.340 e. The Labute approximate surface area is 253 Å². The molecule has 204 valence electrons. The Balaban J connectivity index is 1.44. The standard InChI is InChI=1S/C34H27Cl2N3OS/c1-22(24-11-5-3-6-12-24)39-33(40)32(41-34(39)37-27-13-7-4-8-14-27)20-29-23(2)38(31-16-10-9-15-28(29)31)21-25-17-18-26(35)19-30(25)36/h3-20,22H,21H2,1-2H3/b32-20+,37-34?/t22-/m0/s1. The summed E-state index contributed by atoms with van der Waals surface area (Å²) in [4.78, 5) is 21.4. The normalized spacial score (nSPS) is 16.3. The van der Waals surface area contributed by atoms with Crippen LogP contribution in [0.5, 0.6) is 0 Å². The quantitative estimate of drug-likeness (QED) is 0.183. The van der Waals surface area contributed by atoms with E-state index < -0.39 is 0 Å². The van der Waals surface area contributed by atoms with Crippen LogP contribution < -0.4 is 0 Å². The van der Waals surface area contributed by atoms with E-state index in [1.165, 1.54) is 11.8 Å². The lowest BCUT2D eigenvalue weighted by molar-refractivity contribution is -0.123. The van der Waals surface area contributed by atoms with E-state index >= 15 is 0 Å². The molecule has 2 heterocycles. The van der Waals surface area contributed by atoms with Crippen LogP contribution in [-0.4, -0.2) is 20.5 Å². The maximum absolute atomic E-state index is 14.1. The number of fused-ring (bicyclic) bond motifs is 1. The molecule has 1 aliphatic rings. The highest BCUT2D eigenvalue weighted by atomic mass is 35.5. The topological polar surface area (TPSA) is 37.6 Å². The average Bonchev–Trinajstić information content (AvgIpc) is 3.43. The lowest BCUT2D eigenvalue weighted by Gasteiger charge is -2.24. The molecule has 5 aromatic rings. The van der Waals surface area contributed by atoms with E-state index in [0.717, 1.165) is 39.0 Å². The van der Waals surface area contributed by atoms with Gasteiger partial charge in [-0.25, -0.2) is 4.99 Å². The van der Waals surface area contributed by atoms with Crippen LogP contribution in [-0.2, 0) is 11.3 Å². The van der Waals surface area contributed by atoms with E-state index in [2.05, 4.69) is 23.6 Å². The first-order valence-electron chi connectivity index (χ1n) is 13.3. The first-order chi connectivity index (χ1) is 19.9. The molecule has 1 saturated heterocycles. The zero-order valence-corrected chi connectivity index (χ0v) is 24.9. The van der Waals surface area contributed by atoms with Crippen LogP contribution in [0.4, 0.5) is 5.69 Å². The SMILES string of the molecule is Cc1c(/C=C2/SC(=Nc3ccccc3)N([C@@H](C)c3ccccc3)C2=O)c2ccccc2n1Cc1ccc(Cl)cc1Cl. The Morgan fingerprint density at radius 2 is 1.59 bits per heavy atom. The number of carbonyl (C=O) groups excluding carboxylic acids is 1. The number of benzene rings is 4. The van der Waals surface area contributed by atoms with Gasteiger partial charge < -0.3 is 4.57 Å². The van der Waals surface area contributed by atoms with Crippen molar-refractivity contribution in [1.82, 2.24) is 9.47 Å². The van der Waals surface area contributed by atoms with Crippen molar-refractivity contribution in [3.8, 4) is 0 Å². The van der Waals surface area contributed by atoms with E-state index in [4.69, 9.17) is 28.2 Å². The predicted octanol–water partition coefficient (Wildman–Crippen LogP) is 9.67. The predicted molar refractivity (Wildman–Crippen MR) is 173 cm³/mol. The molecule has 0 unspecified atom stereocenters. The molecule has 4 nitrogen and oxygen atoms in total. The molecule has 0 bridgehead atoms. The zero-order valence-electron chi connectivity index (χ0n) is 22.6. The van der Waals surface area contributed by atoms with Crippen LogP contribution >= 0.6 is 35.0 Å². The number of para-hydroxylation sites is 2. The lowest BCUT2D eigenvalue weighted by atomic mass is 10.1. The molecule has 6 rings (SSSR count). The van der Waals surface area contributed by atoms with Crippen molar-refractivity contribution in [2.45, 2.75) is 26.4 Å². The van der Waals surface area contributed by atoms with Gasteiger partial charge in [-0.1, -0.05) is 96.0 Å². The third-order valence-electron chi connectivity index (χ3n) is 7.39. The van der Waals surface area contributed by atoms with Gasteiger partial charge in [-0.2, -0.15) is 0 Å². The van der Waals surface area contributed by atoms with Crippen molar-refractivity contribution in [1.29, 1.82) is 0 Å². The van der Waals surface area contributed by atoms with E-state index in [1.54, 1.807) is 11.0 Å². The van der Waals surface area contributed by atoms with Crippen LogP contribution in [0.15, 0.2) is 113 Å². The van der Waals surface area contributed by atoms with Crippen molar-refractivity contribution in [3.05, 3.63) is 140 Å². The second kappa shape index (κ2) is 11.6. The van der Waals surface area contributed by atoms with Gasteiger partial charge in [-0.05, 0) is 73.1 Å². The van der Waals surface area contributed by atoms with Crippen LogP contribution in [0.3, 0.4) is 0 Å². The molecule has 1 atom stereocenters. The number of thioether (sulfide) groups is 1. The van der Waals surface area contributed by atoms with Crippen molar-refractivity contribution in [3.63, 3.8) is 0 Å². The molecule has 0 spiro atoms. The highest BCUT2D eigenvalue weighted by Gasteiger charge is 2.37. The maximum Gasteiger partial charge on any atom is 0.267 e. The van der Waals surface area contributed by atoms with Gasteiger partial charge in [-0.3, -0.25) is 9.69 Å². The van der Waals surface area contributed by atoms with Gasteiger partial charge in [0.15, 0.2) is 5.17 Å². The third-order valence-corrected chi connectivity index (χ3v) is 8.96. The number of hydrogen-bond donors (Lipinski definition) is 0. The minimum atomic E-state index is -0.181. The van der Waals surface area contributed by atoms with E-state index in [-0.39, 0.29) is 11.9 Å². The molecule has 1 aliphatic heterocycles. The number of amidine groups is 1. The Morgan fingerprint density at radius 1 is 0.902 bits per heavy atom. The molecular weight excluding hydrogens is 569 g/mol. The minimum absolute atomic E-state index is 0.0574. The van der Waals surface area contributed by atoms with E-state index in [0.29, 0.717) is 26.7 Å². The van der Waals surface area contributed by atoms with Gasteiger partial charge in [0, 0.05) is 38.8 Å². The highest BCUT2D eigenvalue weighted by molar-refractivity contribution is 8.18. The first-order valence-corrected chi connectivity index (χ1v) is 14.9. The number of hydrogen-bond acceptors (Lipinski definition) is 3. The van der Waals surface area contributed by atoms with Crippen LogP contribution in [0, 0.1) is 6.92 Å².